The molecule has 0 aliphatic carbocycles. The smallest absolute Gasteiger partial charge is 0.411 e. The quantitative estimate of drug-likeness (QED) is 0.508. The molecule has 1 aromatic heterocycles. The summed E-state index contributed by atoms with van der Waals surface area (Å²) in [6, 6.07) is 8.12. The molecule has 1 aliphatic rings. The first-order chi connectivity index (χ1) is 17.0. The first-order valence-electron chi connectivity index (χ1n) is 11.5. The van der Waals surface area contributed by atoms with E-state index in [0.29, 0.717) is 40.5 Å². The number of benzene rings is 1. The van der Waals surface area contributed by atoms with Crippen molar-refractivity contribution >= 4 is 29.5 Å². The average Bonchev–Trinajstić information content (AvgIpc) is 2.81. The van der Waals surface area contributed by atoms with Gasteiger partial charge in [-0.2, -0.15) is 0 Å². The summed E-state index contributed by atoms with van der Waals surface area (Å²) in [4.78, 5) is 41.8. The van der Waals surface area contributed by atoms with Gasteiger partial charge in [0, 0.05) is 17.3 Å². The molecular formula is C26H32N4O6. The van der Waals surface area contributed by atoms with Crippen LogP contribution >= 0.6 is 0 Å². The standard InChI is InChI=1S/C26H32N4O6/c1-15-8-7-9-19(30-25(33)36-26(2,3)4)21-12-16(13-22(28-21)34-5)18-11-10-17(27-24(32)35-6)14-20(18)29-23(15)31/h7-8,10-15,19H,9H2,1-6H3,(H,27,32)(H,29,31)(H,30,33)/t15-,19+/m1/s1. The fourth-order valence-electron chi connectivity index (χ4n) is 3.57. The lowest BCUT2D eigenvalue weighted by Crippen LogP contribution is -2.35. The molecule has 192 valence electrons. The van der Waals surface area contributed by atoms with Crippen LogP contribution in [0.1, 0.15) is 45.9 Å². The number of ether oxygens (including phenoxy) is 3. The Bertz CT molecular complexity index is 1170. The second-order valence-corrected chi connectivity index (χ2v) is 9.34. The Balaban J connectivity index is 2.12. The van der Waals surface area contributed by atoms with Crippen LogP contribution in [0.25, 0.3) is 11.1 Å². The molecule has 0 unspecified atom stereocenters. The minimum atomic E-state index is -0.667. The third kappa shape index (κ3) is 6.97. The molecule has 0 fully saturated rings. The first kappa shape index (κ1) is 26.5. The van der Waals surface area contributed by atoms with Gasteiger partial charge in [-0.15, -0.1) is 0 Å². The Hall–Kier alpha value is -4.08. The molecule has 0 radical (unpaired) electrons. The number of alkyl carbamates (subject to hydrolysis) is 1. The molecule has 2 bridgehead atoms. The highest BCUT2D eigenvalue weighted by Gasteiger charge is 2.24. The number of carbonyl (C=O) groups excluding carboxylic acids is 3. The van der Waals surface area contributed by atoms with E-state index in [0.717, 1.165) is 0 Å². The molecule has 1 aliphatic heterocycles. The van der Waals surface area contributed by atoms with Crippen molar-refractivity contribution in [3.63, 3.8) is 0 Å². The predicted octanol–water partition coefficient (Wildman–Crippen LogP) is 5.04. The van der Waals surface area contributed by atoms with E-state index < -0.39 is 29.7 Å². The highest BCUT2D eigenvalue weighted by Crippen LogP contribution is 2.35. The number of aromatic nitrogens is 1. The van der Waals surface area contributed by atoms with Gasteiger partial charge in [-0.3, -0.25) is 10.1 Å². The van der Waals surface area contributed by atoms with Gasteiger partial charge < -0.3 is 24.8 Å². The van der Waals surface area contributed by atoms with Crippen molar-refractivity contribution in [1.29, 1.82) is 0 Å². The fraction of sp³-hybridized carbons (Fsp3) is 0.385. The number of nitrogens with one attached hydrogen (secondary N) is 3. The minimum Gasteiger partial charge on any atom is -0.481 e. The van der Waals surface area contributed by atoms with E-state index in [1.165, 1.54) is 14.2 Å². The second-order valence-electron chi connectivity index (χ2n) is 9.34. The highest BCUT2D eigenvalue weighted by molar-refractivity contribution is 5.99. The SMILES string of the molecule is COC(=O)Nc1ccc2c(c1)NC(=O)[C@H](C)C=CC[C@H](NC(=O)OC(C)(C)C)c1cc-2cc(OC)n1. The maximum absolute atomic E-state index is 12.9. The zero-order valence-electron chi connectivity index (χ0n) is 21.3. The Kier molecular flexibility index (Phi) is 8.18. The molecule has 10 heteroatoms. The molecule has 3 amide bonds. The summed E-state index contributed by atoms with van der Waals surface area (Å²) in [5.74, 6) is -0.361. The molecule has 0 spiro atoms. The zero-order chi connectivity index (χ0) is 26.5. The normalized spacial score (nSPS) is 17.4. The predicted molar refractivity (Wildman–Crippen MR) is 136 cm³/mol. The summed E-state index contributed by atoms with van der Waals surface area (Å²) < 4.78 is 15.6. The van der Waals surface area contributed by atoms with Gasteiger partial charge in [0.25, 0.3) is 0 Å². The largest absolute Gasteiger partial charge is 0.481 e. The van der Waals surface area contributed by atoms with Gasteiger partial charge in [0.05, 0.1) is 37.6 Å². The Morgan fingerprint density at radius 1 is 1.11 bits per heavy atom. The summed E-state index contributed by atoms with van der Waals surface area (Å²) >= 11 is 0. The summed E-state index contributed by atoms with van der Waals surface area (Å²) in [5.41, 5.74) is 2.19. The fourth-order valence-corrected chi connectivity index (χ4v) is 3.57. The number of pyridine rings is 1. The number of hydrogen-bond donors (Lipinski definition) is 3. The lowest BCUT2D eigenvalue weighted by Gasteiger charge is -2.24. The van der Waals surface area contributed by atoms with Crippen LogP contribution in [0, 0.1) is 5.92 Å². The van der Waals surface area contributed by atoms with Crippen molar-refractivity contribution in [2.45, 2.75) is 45.8 Å². The highest BCUT2D eigenvalue weighted by atomic mass is 16.6. The Labute approximate surface area is 210 Å². The van der Waals surface area contributed by atoms with Gasteiger partial charge >= 0.3 is 12.2 Å². The van der Waals surface area contributed by atoms with Crippen molar-refractivity contribution in [3.8, 4) is 17.0 Å². The summed E-state index contributed by atoms with van der Waals surface area (Å²) in [5, 5.41) is 8.43. The molecule has 2 heterocycles. The molecule has 3 N–H and O–H groups in total. The van der Waals surface area contributed by atoms with Gasteiger partial charge in [0.2, 0.25) is 11.8 Å². The van der Waals surface area contributed by atoms with Crippen LogP contribution in [0.15, 0.2) is 42.5 Å². The number of fused-ring (bicyclic) bond motifs is 4. The number of carbonyl (C=O) groups is 3. The van der Waals surface area contributed by atoms with Crippen molar-refractivity contribution < 1.29 is 28.6 Å². The maximum Gasteiger partial charge on any atom is 0.411 e. The molecule has 10 nitrogen and oxygen atoms in total. The summed E-state index contributed by atoms with van der Waals surface area (Å²) in [6.07, 6.45) is 2.76. The van der Waals surface area contributed by atoms with Crippen LogP contribution in [0.2, 0.25) is 0 Å². The number of rotatable bonds is 3. The topological polar surface area (TPSA) is 128 Å². The second kappa shape index (κ2) is 11.1. The molecule has 2 atom stereocenters. The third-order valence-electron chi connectivity index (χ3n) is 5.31. The van der Waals surface area contributed by atoms with Crippen molar-refractivity contribution in [2.24, 2.45) is 5.92 Å². The van der Waals surface area contributed by atoms with E-state index in [-0.39, 0.29) is 5.91 Å². The van der Waals surface area contributed by atoms with Crippen LogP contribution in [0.5, 0.6) is 5.88 Å². The molecule has 1 aromatic carbocycles. The van der Waals surface area contributed by atoms with Crippen molar-refractivity contribution in [1.82, 2.24) is 10.3 Å². The average molecular weight is 497 g/mol. The Morgan fingerprint density at radius 2 is 1.86 bits per heavy atom. The van der Waals surface area contributed by atoms with Crippen LogP contribution in [-0.4, -0.2) is 42.9 Å². The van der Waals surface area contributed by atoms with E-state index in [9.17, 15) is 14.4 Å². The van der Waals surface area contributed by atoms with Crippen LogP contribution in [0.4, 0.5) is 21.0 Å². The van der Waals surface area contributed by atoms with Gasteiger partial charge in [0.1, 0.15) is 5.60 Å². The van der Waals surface area contributed by atoms with Crippen LogP contribution in [-0.2, 0) is 14.3 Å². The van der Waals surface area contributed by atoms with Gasteiger partial charge in [-0.1, -0.05) is 25.1 Å². The van der Waals surface area contributed by atoms with Gasteiger partial charge in [0.15, 0.2) is 0 Å². The lowest BCUT2D eigenvalue weighted by molar-refractivity contribution is -0.118. The molecule has 2 aromatic rings. The van der Waals surface area contributed by atoms with E-state index in [4.69, 9.17) is 9.47 Å². The molecule has 3 rings (SSSR count). The molecular weight excluding hydrogens is 464 g/mol. The van der Waals surface area contributed by atoms with Crippen LogP contribution < -0.4 is 20.7 Å². The first-order valence-corrected chi connectivity index (χ1v) is 11.5. The monoisotopic (exact) mass is 496 g/mol. The van der Waals surface area contributed by atoms with E-state index in [2.05, 4.69) is 25.7 Å². The van der Waals surface area contributed by atoms with Crippen LogP contribution in [0.3, 0.4) is 0 Å². The van der Waals surface area contributed by atoms with Gasteiger partial charge in [-0.25, -0.2) is 14.6 Å². The van der Waals surface area contributed by atoms with E-state index in [1.54, 1.807) is 58.0 Å². The Morgan fingerprint density at radius 3 is 2.53 bits per heavy atom. The van der Waals surface area contributed by atoms with Crippen molar-refractivity contribution in [2.75, 3.05) is 24.9 Å². The number of hydrogen-bond acceptors (Lipinski definition) is 7. The summed E-state index contributed by atoms with van der Waals surface area (Å²) in [7, 11) is 2.77. The minimum absolute atomic E-state index is 0.235. The molecule has 0 saturated carbocycles. The molecule has 0 saturated heterocycles. The van der Waals surface area contributed by atoms with E-state index >= 15 is 0 Å². The number of anilines is 2. The maximum atomic E-state index is 12.9. The third-order valence-corrected chi connectivity index (χ3v) is 5.31. The van der Waals surface area contributed by atoms with E-state index in [1.807, 2.05) is 12.1 Å². The lowest BCUT2D eigenvalue weighted by atomic mass is 9.98. The number of methoxy groups -OCH3 is 2. The number of nitrogens with zero attached hydrogens (tertiary/aromatic N) is 1. The molecule has 36 heavy (non-hydrogen) atoms. The van der Waals surface area contributed by atoms with Gasteiger partial charge in [-0.05, 0) is 51.0 Å². The number of amides is 3. The summed E-state index contributed by atoms with van der Waals surface area (Å²) in [6.45, 7) is 7.13. The van der Waals surface area contributed by atoms with Crippen molar-refractivity contribution in [3.05, 3.63) is 48.2 Å². The zero-order valence-corrected chi connectivity index (χ0v) is 21.3.